The summed E-state index contributed by atoms with van der Waals surface area (Å²) in [5.41, 5.74) is 0. The molecule has 2 aliphatic heterocycles. The Hall–Kier alpha value is -1.83. The molecule has 0 aromatic carbocycles. The number of urea groups is 1. The van der Waals surface area contributed by atoms with Crippen molar-refractivity contribution < 1.29 is 19.1 Å². The van der Waals surface area contributed by atoms with Crippen LogP contribution in [0, 0.1) is 11.8 Å². The first-order valence-corrected chi connectivity index (χ1v) is 15.2. The normalized spacial score (nSPS) is 28.1. The Morgan fingerprint density at radius 2 is 1.68 bits per heavy atom. The van der Waals surface area contributed by atoms with Crippen molar-refractivity contribution in [1.82, 2.24) is 20.4 Å². The summed E-state index contributed by atoms with van der Waals surface area (Å²) in [4.78, 5) is 44.5. The molecule has 2 saturated carbocycles. The van der Waals surface area contributed by atoms with E-state index in [9.17, 15) is 14.4 Å². The van der Waals surface area contributed by atoms with E-state index in [0.29, 0.717) is 25.4 Å². The van der Waals surface area contributed by atoms with Crippen LogP contribution in [0.25, 0.3) is 0 Å². The van der Waals surface area contributed by atoms with Crippen LogP contribution in [0.1, 0.15) is 104 Å². The second-order valence-corrected chi connectivity index (χ2v) is 12.4. The molecule has 3 atom stereocenters. The summed E-state index contributed by atoms with van der Waals surface area (Å²) in [5, 5.41) is 6.30. The lowest BCUT2D eigenvalue weighted by molar-refractivity contribution is -0.146. The van der Waals surface area contributed by atoms with E-state index in [-0.39, 0.29) is 48.4 Å². The topological polar surface area (TPSA) is 91.0 Å². The zero-order chi connectivity index (χ0) is 26.2. The first kappa shape index (κ1) is 28.2. The van der Waals surface area contributed by atoms with E-state index in [1.807, 2.05) is 4.90 Å². The number of hydrogen-bond acceptors (Lipinski definition) is 4. The zero-order valence-corrected chi connectivity index (χ0v) is 23.2. The molecule has 0 aromatic rings. The number of rotatable bonds is 9. The van der Waals surface area contributed by atoms with Gasteiger partial charge in [0, 0.05) is 38.7 Å². The SMILES string of the molecule is CC(C)C[C@H]1C(=O)N(CC2CCCCC2)CC(CC(=O)NC[C@H]2CCCO2)N1C(=O)NC1CCCCC1. The van der Waals surface area contributed by atoms with Gasteiger partial charge in [-0.15, -0.1) is 0 Å². The molecule has 8 nitrogen and oxygen atoms in total. The van der Waals surface area contributed by atoms with Crippen LogP contribution in [0.4, 0.5) is 4.79 Å². The largest absolute Gasteiger partial charge is 0.376 e. The Bertz CT molecular complexity index is 757. The predicted molar refractivity (Wildman–Crippen MR) is 144 cm³/mol. The lowest BCUT2D eigenvalue weighted by Crippen LogP contribution is -2.67. The Labute approximate surface area is 223 Å². The minimum atomic E-state index is -0.517. The molecule has 37 heavy (non-hydrogen) atoms. The Kier molecular flexibility index (Phi) is 10.5. The fourth-order valence-electron chi connectivity index (χ4n) is 6.81. The van der Waals surface area contributed by atoms with Gasteiger partial charge in [-0.2, -0.15) is 0 Å². The highest BCUT2D eigenvalue weighted by atomic mass is 16.5. The molecular formula is C29H50N4O4. The van der Waals surface area contributed by atoms with E-state index in [2.05, 4.69) is 24.5 Å². The summed E-state index contributed by atoms with van der Waals surface area (Å²) in [6.45, 7) is 6.67. The standard InChI is InChI=1S/C29H50N4O4/c1-21(2)16-26-28(35)32(19-22-10-5-3-6-11-22)20-24(17-27(34)30-18-25-14-9-15-37-25)33(26)29(36)31-23-12-7-4-8-13-23/h21-26H,3-20H2,1-2H3,(H,30,34)(H,31,36)/t24?,25-,26+/m1/s1. The number of nitrogens with zero attached hydrogens (tertiary/aromatic N) is 2. The highest BCUT2D eigenvalue weighted by Gasteiger charge is 2.45. The van der Waals surface area contributed by atoms with E-state index >= 15 is 0 Å². The molecule has 4 amide bonds. The molecule has 0 spiro atoms. The van der Waals surface area contributed by atoms with Crippen LogP contribution >= 0.6 is 0 Å². The third-order valence-corrected chi connectivity index (χ3v) is 8.79. The first-order chi connectivity index (χ1) is 17.9. The maximum Gasteiger partial charge on any atom is 0.318 e. The highest BCUT2D eigenvalue weighted by molar-refractivity contribution is 5.89. The van der Waals surface area contributed by atoms with Gasteiger partial charge < -0.3 is 25.2 Å². The van der Waals surface area contributed by atoms with E-state index in [0.717, 1.165) is 64.5 Å². The van der Waals surface area contributed by atoms with Crippen molar-refractivity contribution in [3.8, 4) is 0 Å². The predicted octanol–water partition coefficient (Wildman–Crippen LogP) is 4.22. The molecule has 0 aromatic heterocycles. The smallest absolute Gasteiger partial charge is 0.318 e. The molecule has 2 aliphatic carbocycles. The van der Waals surface area contributed by atoms with Crippen molar-refractivity contribution >= 4 is 17.8 Å². The molecular weight excluding hydrogens is 468 g/mol. The third-order valence-electron chi connectivity index (χ3n) is 8.79. The maximum atomic E-state index is 13.9. The molecule has 4 fully saturated rings. The molecule has 0 bridgehead atoms. The van der Waals surface area contributed by atoms with Gasteiger partial charge in [-0.25, -0.2) is 4.79 Å². The lowest BCUT2D eigenvalue weighted by Gasteiger charge is -2.47. The molecule has 2 N–H and O–H groups in total. The minimum absolute atomic E-state index is 0.0637. The van der Waals surface area contributed by atoms with Crippen LogP contribution in [-0.4, -0.2) is 78.1 Å². The molecule has 2 heterocycles. The van der Waals surface area contributed by atoms with Crippen molar-refractivity contribution in [3.63, 3.8) is 0 Å². The molecule has 0 radical (unpaired) electrons. The fourth-order valence-corrected chi connectivity index (χ4v) is 6.81. The molecule has 8 heteroatoms. The van der Waals surface area contributed by atoms with Crippen molar-refractivity contribution in [2.45, 2.75) is 128 Å². The Morgan fingerprint density at radius 3 is 2.32 bits per heavy atom. The van der Waals surface area contributed by atoms with Crippen LogP contribution in [-0.2, 0) is 14.3 Å². The lowest BCUT2D eigenvalue weighted by atomic mass is 9.87. The van der Waals surface area contributed by atoms with Crippen molar-refractivity contribution in [2.24, 2.45) is 11.8 Å². The number of carbonyl (C=O) groups is 3. The quantitative estimate of drug-likeness (QED) is 0.478. The van der Waals surface area contributed by atoms with Crippen LogP contribution in [0.3, 0.4) is 0 Å². The van der Waals surface area contributed by atoms with Gasteiger partial charge in [0.15, 0.2) is 0 Å². The van der Waals surface area contributed by atoms with Gasteiger partial charge in [0.25, 0.3) is 0 Å². The Morgan fingerprint density at radius 1 is 0.973 bits per heavy atom. The number of amides is 4. The van der Waals surface area contributed by atoms with Gasteiger partial charge in [0.05, 0.1) is 12.1 Å². The van der Waals surface area contributed by atoms with Crippen LogP contribution < -0.4 is 10.6 Å². The van der Waals surface area contributed by atoms with Crippen molar-refractivity contribution in [1.29, 1.82) is 0 Å². The average Bonchev–Trinajstić information content (AvgIpc) is 3.40. The number of carbonyl (C=O) groups excluding carboxylic acids is 3. The minimum Gasteiger partial charge on any atom is -0.376 e. The molecule has 2 saturated heterocycles. The number of nitrogens with one attached hydrogen (secondary N) is 2. The second kappa shape index (κ2) is 13.8. The van der Waals surface area contributed by atoms with Gasteiger partial charge in [-0.1, -0.05) is 52.4 Å². The second-order valence-electron chi connectivity index (χ2n) is 12.4. The van der Waals surface area contributed by atoms with Gasteiger partial charge in [0.1, 0.15) is 6.04 Å². The molecule has 4 aliphatic rings. The van der Waals surface area contributed by atoms with E-state index in [4.69, 9.17) is 4.74 Å². The fraction of sp³-hybridized carbons (Fsp3) is 0.897. The zero-order valence-electron chi connectivity index (χ0n) is 23.2. The summed E-state index contributed by atoms with van der Waals surface area (Å²) >= 11 is 0. The van der Waals surface area contributed by atoms with Crippen molar-refractivity contribution in [3.05, 3.63) is 0 Å². The summed E-state index contributed by atoms with van der Waals surface area (Å²) in [5.74, 6) is 0.789. The van der Waals surface area contributed by atoms with E-state index < -0.39 is 6.04 Å². The average molecular weight is 519 g/mol. The van der Waals surface area contributed by atoms with Crippen molar-refractivity contribution in [2.75, 3.05) is 26.2 Å². The maximum absolute atomic E-state index is 13.9. The van der Waals surface area contributed by atoms with Gasteiger partial charge in [-0.05, 0) is 56.8 Å². The number of hydrogen-bond donors (Lipinski definition) is 2. The van der Waals surface area contributed by atoms with Gasteiger partial charge in [0.2, 0.25) is 11.8 Å². The van der Waals surface area contributed by atoms with E-state index in [1.54, 1.807) is 4.90 Å². The van der Waals surface area contributed by atoms with Crippen LogP contribution in [0.5, 0.6) is 0 Å². The summed E-state index contributed by atoms with van der Waals surface area (Å²) in [6.07, 6.45) is 14.4. The summed E-state index contributed by atoms with van der Waals surface area (Å²) in [7, 11) is 0. The highest BCUT2D eigenvalue weighted by Crippen LogP contribution is 2.30. The monoisotopic (exact) mass is 518 g/mol. The van der Waals surface area contributed by atoms with Crippen LogP contribution in [0.15, 0.2) is 0 Å². The van der Waals surface area contributed by atoms with Gasteiger partial charge in [-0.3, -0.25) is 9.59 Å². The van der Waals surface area contributed by atoms with Crippen LogP contribution in [0.2, 0.25) is 0 Å². The van der Waals surface area contributed by atoms with E-state index in [1.165, 1.54) is 25.7 Å². The number of ether oxygens (including phenoxy) is 1. The summed E-state index contributed by atoms with van der Waals surface area (Å²) in [6, 6.07) is -0.847. The Balaban J connectivity index is 1.50. The van der Waals surface area contributed by atoms with Gasteiger partial charge >= 0.3 is 6.03 Å². The summed E-state index contributed by atoms with van der Waals surface area (Å²) < 4.78 is 5.67. The number of piperazine rings is 1. The molecule has 210 valence electrons. The molecule has 1 unspecified atom stereocenters. The third kappa shape index (κ3) is 8.08. The molecule has 4 rings (SSSR count). The first-order valence-electron chi connectivity index (χ1n) is 15.2.